The molecule has 0 aliphatic rings. The van der Waals surface area contributed by atoms with Crippen molar-refractivity contribution in [2.45, 2.75) is 6.92 Å². The largest absolute Gasteiger partial charge is 0.309 e. The maximum absolute atomic E-state index is 2.44. The molecule has 0 spiro atoms. The summed E-state index contributed by atoms with van der Waals surface area (Å²) in [6.45, 7) is 2.20. The molecular formula is C59H41N. The van der Waals surface area contributed by atoms with Crippen LogP contribution < -0.4 is 4.90 Å². The van der Waals surface area contributed by atoms with Gasteiger partial charge in [0, 0.05) is 16.5 Å². The third-order valence-electron chi connectivity index (χ3n) is 12.1. The van der Waals surface area contributed by atoms with E-state index in [-0.39, 0.29) is 0 Å². The summed E-state index contributed by atoms with van der Waals surface area (Å²) < 4.78 is 0. The summed E-state index contributed by atoms with van der Waals surface area (Å²) in [6.07, 6.45) is 0. The molecule has 60 heavy (non-hydrogen) atoms. The Kier molecular flexibility index (Phi) is 8.79. The Balaban J connectivity index is 1.12. The van der Waals surface area contributed by atoms with Crippen molar-refractivity contribution in [1.82, 2.24) is 0 Å². The van der Waals surface area contributed by atoms with E-state index in [0.717, 1.165) is 17.1 Å². The minimum absolute atomic E-state index is 1.11. The Morgan fingerprint density at radius 2 is 0.700 bits per heavy atom. The van der Waals surface area contributed by atoms with Gasteiger partial charge >= 0.3 is 0 Å². The van der Waals surface area contributed by atoms with Crippen molar-refractivity contribution in [1.29, 1.82) is 0 Å². The molecule has 1 nitrogen and oxygen atoms in total. The average Bonchev–Trinajstić information content (AvgIpc) is 3.32. The highest BCUT2D eigenvalue weighted by molar-refractivity contribution is 6.22. The standard InChI is InChI=1S/C59H41N/c1-40-31-36-57(51-25-11-10-23-49(40)51)60(56-30-16-22-43-21-8-9-24-50(43)56)48-34-32-44(33-35-48)58-52-26-12-14-28-54(52)59(55-29-15-13-27-53(55)58)47-38-45(41-17-4-2-5-18-41)37-46(39-47)42-19-6-3-7-20-42/h2-39H,1H3. The van der Waals surface area contributed by atoms with Crippen molar-refractivity contribution in [3.8, 4) is 44.5 Å². The van der Waals surface area contributed by atoms with Crippen molar-refractivity contribution in [2.24, 2.45) is 0 Å². The van der Waals surface area contributed by atoms with Crippen molar-refractivity contribution in [2.75, 3.05) is 4.90 Å². The highest BCUT2D eigenvalue weighted by atomic mass is 15.1. The molecule has 282 valence electrons. The SMILES string of the molecule is Cc1ccc(N(c2ccc(-c3c4ccccc4c(-c4cc(-c5ccccc5)cc(-c5ccccc5)c4)c4ccccc34)cc2)c2cccc3ccccc23)c2ccccc12. The lowest BCUT2D eigenvalue weighted by Crippen LogP contribution is -2.11. The number of hydrogen-bond acceptors (Lipinski definition) is 1. The molecule has 11 rings (SSSR count). The van der Waals surface area contributed by atoms with Crippen molar-refractivity contribution in [3.63, 3.8) is 0 Å². The van der Waals surface area contributed by atoms with Crippen LogP contribution in [0.4, 0.5) is 17.1 Å². The Bertz CT molecular complexity index is 3240. The molecule has 0 amide bonds. The minimum atomic E-state index is 1.11. The first-order valence-electron chi connectivity index (χ1n) is 20.8. The topological polar surface area (TPSA) is 3.24 Å². The number of rotatable bonds is 7. The van der Waals surface area contributed by atoms with Crippen LogP contribution in [-0.2, 0) is 0 Å². The molecule has 0 unspecified atom stereocenters. The molecular weight excluding hydrogens is 723 g/mol. The van der Waals surface area contributed by atoms with Gasteiger partial charge in [-0.3, -0.25) is 0 Å². The van der Waals surface area contributed by atoms with E-state index in [2.05, 4.69) is 242 Å². The summed E-state index contributed by atoms with van der Waals surface area (Å²) in [5.41, 5.74) is 14.4. The van der Waals surface area contributed by atoms with Gasteiger partial charge < -0.3 is 4.90 Å². The molecule has 0 aliphatic carbocycles. The summed E-state index contributed by atoms with van der Waals surface area (Å²) in [4.78, 5) is 2.44. The molecule has 0 heterocycles. The van der Waals surface area contributed by atoms with E-state index in [1.165, 1.54) is 93.2 Å². The quantitative estimate of drug-likeness (QED) is 0.146. The third kappa shape index (κ3) is 6.11. The van der Waals surface area contributed by atoms with Crippen LogP contribution in [0.25, 0.3) is 87.6 Å². The first-order chi connectivity index (χ1) is 29.7. The maximum Gasteiger partial charge on any atom is 0.0540 e. The van der Waals surface area contributed by atoms with Crippen molar-refractivity contribution >= 4 is 60.2 Å². The fourth-order valence-electron chi connectivity index (χ4n) is 9.33. The van der Waals surface area contributed by atoms with Crippen LogP contribution in [0.1, 0.15) is 5.56 Å². The van der Waals surface area contributed by atoms with E-state index < -0.39 is 0 Å². The van der Waals surface area contributed by atoms with Crippen LogP contribution in [0.5, 0.6) is 0 Å². The number of hydrogen-bond donors (Lipinski definition) is 0. The molecule has 0 atom stereocenters. The van der Waals surface area contributed by atoms with E-state index in [4.69, 9.17) is 0 Å². The summed E-state index contributed by atoms with van der Waals surface area (Å²) in [6, 6.07) is 84.4. The predicted molar refractivity (Wildman–Crippen MR) is 258 cm³/mol. The van der Waals surface area contributed by atoms with Crippen molar-refractivity contribution < 1.29 is 0 Å². The smallest absolute Gasteiger partial charge is 0.0540 e. The highest BCUT2D eigenvalue weighted by Crippen LogP contribution is 2.47. The molecule has 0 aromatic heterocycles. The Morgan fingerprint density at radius 1 is 0.267 bits per heavy atom. The normalized spacial score (nSPS) is 11.4. The van der Waals surface area contributed by atoms with Crippen LogP contribution >= 0.6 is 0 Å². The lowest BCUT2D eigenvalue weighted by atomic mass is 9.84. The van der Waals surface area contributed by atoms with Crippen LogP contribution in [0.15, 0.2) is 231 Å². The first-order valence-corrected chi connectivity index (χ1v) is 20.8. The molecule has 0 bridgehead atoms. The zero-order valence-electron chi connectivity index (χ0n) is 33.4. The van der Waals surface area contributed by atoms with Crippen LogP contribution in [-0.4, -0.2) is 0 Å². The van der Waals surface area contributed by atoms with Gasteiger partial charge in [-0.2, -0.15) is 0 Å². The number of aryl methyl sites for hydroxylation is 1. The summed E-state index contributed by atoms with van der Waals surface area (Å²) in [5, 5.41) is 9.88. The van der Waals surface area contributed by atoms with Gasteiger partial charge in [0.25, 0.3) is 0 Å². The van der Waals surface area contributed by atoms with Gasteiger partial charge in [-0.15, -0.1) is 0 Å². The number of fused-ring (bicyclic) bond motifs is 4. The van der Waals surface area contributed by atoms with E-state index in [1.807, 2.05) is 0 Å². The lowest BCUT2D eigenvalue weighted by Gasteiger charge is -2.29. The monoisotopic (exact) mass is 763 g/mol. The Morgan fingerprint density at radius 3 is 1.28 bits per heavy atom. The number of nitrogens with zero attached hydrogens (tertiary/aromatic N) is 1. The Labute approximate surface area is 351 Å². The van der Waals surface area contributed by atoms with Gasteiger partial charge in [0.15, 0.2) is 0 Å². The predicted octanol–water partition coefficient (Wildman–Crippen LogP) is 16.7. The second-order valence-corrected chi connectivity index (χ2v) is 15.7. The molecule has 0 aliphatic heterocycles. The third-order valence-corrected chi connectivity index (χ3v) is 12.1. The molecule has 0 saturated carbocycles. The maximum atomic E-state index is 2.44. The van der Waals surface area contributed by atoms with E-state index in [0.29, 0.717) is 0 Å². The molecule has 11 aromatic rings. The van der Waals surface area contributed by atoms with E-state index in [1.54, 1.807) is 0 Å². The fourth-order valence-corrected chi connectivity index (χ4v) is 9.33. The van der Waals surface area contributed by atoms with Crippen LogP contribution in [0, 0.1) is 6.92 Å². The van der Waals surface area contributed by atoms with Crippen LogP contribution in [0.3, 0.4) is 0 Å². The van der Waals surface area contributed by atoms with Crippen LogP contribution in [0.2, 0.25) is 0 Å². The van der Waals surface area contributed by atoms with Gasteiger partial charge in [-0.05, 0) is 132 Å². The highest BCUT2D eigenvalue weighted by Gasteiger charge is 2.21. The molecule has 0 fully saturated rings. The first kappa shape index (κ1) is 35.4. The molecule has 0 radical (unpaired) electrons. The minimum Gasteiger partial charge on any atom is -0.309 e. The number of anilines is 3. The summed E-state index contributed by atoms with van der Waals surface area (Å²) in [5.74, 6) is 0. The molecule has 0 saturated heterocycles. The Hall–Kier alpha value is -7.74. The number of benzene rings is 11. The second-order valence-electron chi connectivity index (χ2n) is 15.7. The van der Waals surface area contributed by atoms with Gasteiger partial charge in [-0.1, -0.05) is 188 Å². The van der Waals surface area contributed by atoms with Crippen molar-refractivity contribution in [3.05, 3.63) is 236 Å². The molecule has 1 heteroatoms. The van der Waals surface area contributed by atoms with Gasteiger partial charge in [0.2, 0.25) is 0 Å². The fraction of sp³-hybridized carbons (Fsp3) is 0.0169. The van der Waals surface area contributed by atoms with E-state index >= 15 is 0 Å². The van der Waals surface area contributed by atoms with Gasteiger partial charge in [-0.25, -0.2) is 0 Å². The lowest BCUT2D eigenvalue weighted by molar-refractivity contribution is 1.31. The summed E-state index contributed by atoms with van der Waals surface area (Å²) >= 11 is 0. The summed E-state index contributed by atoms with van der Waals surface area (Å²) in [7, 11) is 0. The second kappa shape index (κ2) is 14.9. The zero-order valence-corrected chi connectivity index (χ0v) is 33.4. The molecule has 11 aromatic carbocycles. The van der Waals surface area contributed by atoms with E-state index in [9.17, 15) is 0 Å². The van der Waals surface area contributed by atoms with Gasteiger partial charge in [0.1, 0.15) is 0 Å². The zero-order chi connectivity index (χ0) is 40.0. The molecule has 0 N–H and O–H groups in total. The average molecular weight is 764 g/mol. The van der Waals surface area contributed by atoms with Gasteiger partial charge in [0.05, 0.1) is 11.4 Å².